The van der Waals surface area contributed by atoms with Gasteiger partial charge in [0.15, 0.2) is 0 Å². The second-order valence-electron chi connectivity index (χ2n) is 9.87. The number of aromatic nitrogens is 4. The molecule has 4 rings (SSSR count). The van der Waals surface area contributed by atoms with Crippen molar-refractivity contribution in [3.8, 4) is 11.1 Å². The standard InChI is InChI=1S/C24H31F2N5O2/c1-24(2,3)28-23(32)33-15-16-4-8-20(9-5-16)31-13-18-7-6-17(10-21(18)29-31)19-11-27-30(12-19)14-22(25)26/h6-7,10-13,16,20,22H,4-5,8-9,14-15H2,1-3H3,(H,28,32). The van der Waals surface area contributed by atoms with Crippen LogP contribution in [0.2, 0.25) is 0 Å². The first-order chi connectivity index (χ1) is 15.7. The van der Waals surface area contributed by atoms with Crippen molar-refractivity contribution in [1.82, 2.24) is 24.9 Å². The zero-order valence-corrected chi connectivity index (χ0v) is 19.3. The second-order valence-corrected chi connectivity index (χ2v) is 9.87. The van der Waals surface area contributed by atoms with E-state index in [4.69, 9.17) is 9.84 Å². The lowest BCUT2D eigenvalue weighted by molar-refractivity contribution is 0.103. The van der Waals surface area contributed by atoms with Gasteiger partial charge in [-0.15, -0.1) is 0 Å². The first kappa shape index (κ1) is 23.2. The molecule has 0 bridgehead atoms. The molecule has 0 spiro atoms. The summed E-state index contributed by atoms with van der Waals surface area (Å²) in [6.45, 7) is 5.81. The van der Waals surface area contributed by atoms with Crippen LogP contribution in [0.3, 0.4) is 0 Å². The normalized spacial score (nSPS) is 19.2. The average molecular weight is 460 g/mol. The van der Waals surface area contributed by atoms with Crippen molar-refractivity contribution in [2.45, 2.75) is 71.0 Å². The van der Waals surface area contributed by atoms with Gasteiger partial charge in [-0.25, -0.2) is 13.6 Å². The van der Waals surface area contributed by atoms with Gasteiger partial charge in [0.2, 0.25) is 0 Å². The molecule has 1 fully saturated rings. The molecule has 7 nitrogen and oxygen atoms in total. The number of ether oxygens (including phenoxy) is 1. The lowest BCUT2D eigenvalue weighted by atomic mass is 9.86. The number of benzene rings is 1. The zero-order chi connectivity index (χ0) is 23.6. The van der Waals surface area contributed by atoms with Gasteiger partial charge in [0.25, 0.3) is 6.43 Å². The minimum atomic E-state index is -2.43. The van der Waals surface area contributed by atoms with Crippen molar-refractivity contribution in [2.24, 2.45) is 5.92 Å². The number of hydrogen-bond acceptors (Lipinski definition) is 4. The van der Waals surface area contributed by atoms with Crippen LogP contribution in [0.15, 0.2) is 36.8 Å². The molecule has 9 heteroatoms. The minimum Gasteiger partial charge on any atom is -0.449 e. The Balaban J connectivity index is 1.35. The summed E-state index contributed by atoms with van der Waals surface area (Å²) >= 11 is 0. The Morgan fingerprint density at radius 1 is 1.18 bits per heavy atom. The molecule has 2 aromatic heterocycles. The number of halogens is 2. The smallest absolute Gasteiger partial charge is 0.407 e. The van der Waals surface area contributed by atoms with Gasteiger partial charge >= 0.3 is 6.09 Å². The molecule has 0 atom stereocenters. The third kappa shape index (κ3) is 6.09. The number of alkyl halides is 2. The SMILES string of the molecule is CC(C)(C)NC(=O)OCC1CCC(n2cc3ccc(-c4cnn(CC(F)F)c4)cc3n2)CC1. The van der Waals surface area contributed by atoms with Gasteiger partial charge in [0.05, 0.1) is 24.4 Å². The Hall–Kier alpha value is -2.97. The van der Waals surface area contributed by atoms with Crippen LogP contribution in [0.1, 0.15) is 52.5 Å². The van der Waals surface area contributed by atoms with Crippen molar-refractivity contribution in [1.29, 1.82) is 0 Å². The fourth-order valence-electron chi connectivity index (χ4n) is 4.27. The largest absolute Gasteiger partial charge is 0.449 e. The number of carbonyl (C=O) groups is 1. The van der Waals surface area contributed by atoms with Crippen molar-refractivity contribution in [2.75, 3.05) is 6.61 Å². The summed E-state index contributed by atoms with van der Waals surface area (Å²) < 4.78 is 33.9. The molecule has 1 N–H and O–H groups in total. The topological polar surface area (TPSA) is 74.0 Å². The Morgan fingerprint density at radius 2 is 1.94 bits per heavy atom. The van der Waals surface area contributed by atoms with E-state index >= 15 is 0 Å². The molecule has 1 aromatic carbocycles. The summed E-state index contributed by atoms with van der Waals surface area (Å²) in [7, 11) is 0. The molecular weight excluding hydrogens is 428 g/mol. The van der Waals surface area contributed by atoms with Gasteiger partial charge < -0.3 is 10.1 Å². The number of nitrogens with one attached hydrogen (secondary N) is 1. The van der Waals surface area contributed by atoms with Gasteiger partial charge in [-0.05, 0) is 64.0 Å². The maximum absolute atomic E-state index is 12.6. The van der Waals surface area contributed by atoms with Crippen molar-refractivity contribution < 1.29 is 18.3 Å². The molecule has 178 valence electrons. The maximum atomic E-state index is 12.6. The molecule has 2 heterocycles. The molecular formula is C24H31F2N5O2. The van der Waals surface area contributed by atoms with E-state index in [1.54, 1.807) is 12.4 Å². The van der Waals surface area contributed by atoms with Gasteiger partial charge in [-0.2, -0.15) is 10.2 Å². The van der Waals surface area contributed by atoms with Gasteiger partial charge in [0.1, 0.15) is 6.54 Å². The number of nitrogens with zero attached hydrogens (tertiary/aromatic N) is 4. The fourth-order valence-corrected chi connectivity index (χ4v) is 4.27. The maximum Gasteiger partial charge on any atom is 0.407 e. The first-order valence-corrected chi connectivity index (χ1v) is 11.4. The molecule has 0 radical (unpaired) electrons. The van der Waals surface area contributed by atoms with Crippen LogP contribution >= 0.6 is 0 Å². The van der Waals surface area contributed by atoms with Crippen LogP contribution in [-0.4, -0.2) is 44.2 Å². The van der Waals surface area contributed by atoms with Crippen LogP contribution in [-0.2, 0) is 11.3 Å². The average Bonchev–Trinajstić information content (AvgIpc) is 3.37. The molecule has 3 aromatic rings. The summed E-state index contributed by atoms with van der Waals surface area (Å²) in [6.07, 6.45) is 6.44. The Labute approximate surface area is 192 Å². The predicted octanol–water partition coefficient (Wildman–Crippen LogP) is 5.42. The predicted molar refractivity (Wildman–Crippen MR) is 122 cm³/mol. The number of hydrogen-bond donors (Lipinski definition) is 1. The molecule has 1 aliphatic carbocycles. The summed E-state index contributed by atoms with van der Waals surface area (Å²) in [5.41, 5.74) is 2.27. The van der Waals surface area contributed by atoms with Crippen LogP contribution in [0.5, 0.6) is 0 Å². The summed E-state index contributed by atoms with van der Waals surface area (Å²) in [5, 5.41) is 12.7. The Kier molecular flexibility index (Phi) is 6.67. The number of rotatable bonds is 6. The molecule has 0 saturated heterocycles. The molecule has 1 saturated carbocycles. The third-order valence-corrected chi connectivity index (χ3v) is 5.93. The van der Waals surface area contributed by atoms with E-state index in [0.717, 1.165) is 47.7 Å². The van der Waals surface area contributed by atoms with Crippen molar-refractivity contribution in [3.63, 3.8) is 0 Å². The highest BCUT2D eigenvalue weighted by Crippen LogP contribution is 2.33. The van der Waals surface area contributed by atoms with Crippen LogP contribution in [0.25, 0.3) is 22.0 Å². The minimum absolute atomic E-state index is 0.303. The van der Waals surface area contributed by atoms with E-state index in [0.29, 0.717) is 18.6 Å². The second kappa shape index (κ2) is 9.49. The van der Waals surface area contributed by atoms with Gasteiger partial charge in [-0.1, -0.05) is 12.1 Å². The molecule has 33 heavy (non-hydrogen) atoms. The van der Waals surface area contributed by atoms with E-state index in [1.807, 2.05) is 43.7 Å². The molecule has 1 amide bonds. The summed E-state index contributed by atoms with van der Waals surface area (Å²) in [4.78, 5) is 11.9. The van der Waals surface area contributed by atoms with E-state index < -0.39 is 13.0 Å². The monoisotopic (exact) mass is 459 g/mol. The summed E-state index contributed by atoms with van der Waals surface area (Å²) in [6, 6.07) is 6.26. The quantitative estimate of drug-likeness (QED) is 0.534. The highest BCUT2D eigenvalue weighted by atomic mass is 19.3. The van der Waals surface area contributed by atoms with E-state index in [1.165, 1.54) is 4.68 Å². The molecule has 1 aliphatic rings. The molecule has 0 aliphatic heterocycles. The highest BCUT2D eigenvalue weighted by Gasteiger charge is 2.25. The fraction of sp³-hybridized carbons (Fsp3) is 0.542. The van der Waals surface area contributed by atoms with Gasteiger partial charge in [-0.3, -0.25) is 9.36 Å². The highest BCUT2D eigenvalue weighted by molar-refractivity contribution is 5.83. The van der Waals surface area contributed by atoms with E-state index in [-0.39, 0.29) is 11.6 Å². The zero-order valence-electron chi connectivity index (χ0n) is 19.3. The van der Waals surface area contributed by atoms with E-state index in [2.05, 4.69) is 16.6 Å². The number of alkyl carbamates (subject to hydrolysis) is 1. The van der Waals surface area contributed by atoms with Gasteiger partial charge in [0, 0.05) is 28.9 Å². The lowest BCUT2D eigenvalue weighted by Crippen LogP contribution is -2.41. The number of amides is 1. The first-order valence-electron chi connectivity index (χ1n) is 11.4. The van der Waals surface area contributed by atoms with E-state index in [9.17, 15) is 13.6 Å². The summed E-state index contributed by atoms with van der Waals surface area (Å²) in [5.74, 6) is 0.369. The number of fused-ring (bicyclic) bond motifs is 1. The number of carbonyl (C=O) groups excluding carboxylic acids is 1. The third-order valence-electron chi connectivity index (χ3n) is 5.93. The van der Waals surface area contributed by atoms with Crippen molar-refractivity contribution >= 4 is 17.0 Å². The van der Waals surface area contributed by atoms with Crippen molar-refractivity contribution in [3.05, 3.63) is 36.8 Å². The Morgan fingerprint density at radius 3 is 2.64 bits per heavy atom. The van der Waals surface area contributed by atoms with Crippen LogP contribution in [0.4, 0.5) is 13.6 Å². The Bertz CT molecular complexity index is 1090. The van der Waals surface area contributed by atoms with Crippen LogP contribution in [0, 0.1) is 5.92 Å². The molecule has 0 unspecified atom stereocenters. The van der Waals surface area contributed by atoms with Crippen LogP contribution < -0.4 is 5.32 Å². The lowest BCUT2D eigenvalue weighted by Gasteiger charge is -2.29.